The molecule has 30 heavy (non-hydrogen) atoms. The van der Waals surface area contributed by atoms with E-state index in [9.17, 15) is 9.90 Å². The van der Waals surface area contributed by atoms with Gasteiger partial charge in [0.15, 0.2) is 5.54 Å². The van der Waals surface area contributed by atoms with E-state index in [0.29, 0.717) is 34.9 Å². The van der Waals surface area contributed by atoms with Gasteiger partial charge in [0.05, 0.1) is 18.2 Å². The van der Waals surface area contributed by atoms with Gasteiger partial charge in [-0.1, -0.05) is 12.1 Å². The highest BCUT2D eigenvalue weighted by molar-refractivity contribution is 5.85. The van der Waals surface area contributed by atoms with E-state index < -0.39 is 11.5 Å². The van der Waals surface area contributed by atoms with Gasteiger partial charge in [0, 0.05) is 11.4 Å². The molecule has 6 heteroatoms. The van der Waals surface area contributed by atoms with E-state index in [-0.39, 0.29) is 0 Å². The number of hydrogen-bond donors (Lipinski definition) is 3. The summed E-state index contributed by atoms with van der Waals surface area (Å²) in [6, 6.07) is 21.5. The maximum Gasteiger partial charge on any atom is 0.333 e. The number of hydrogen-bond acceptors (Lipinski definition) is 5. The molecule has 6 nitrogen and oxygen atoms in total. The number of aliphatic carboxylic acids is 1. The number of benzene rings is 3. The molecular weight excluding hydrogens is 378 g/mol. The topological polar surface area (TPSA) is 108 Å². The Kier molecular flexibility index (Phi) is 5.93. The highest BCUT2D eigenvalue weighted by Crippen LogP contribution is 2.34. The van der Waals surface area contributed by atoms with Crippen molar-refractivity contribution in [2.45, 2.75) is 19.4 Å². The van der Waals surface area contributed by atoms with Gasteiger partial charge in [-0.2, -0.15) is 5.26 Å². The molecule has 0 radical (unpaired) electrons. The molecule has 3 aromatic carbocycles. The van der Waals surface area contributed by atoms with Gasteiger partial charge < -0.3 is 20.9 Å². The van der Waals surface area contributed by atoms with E-state index in [1.807, 2.05) is 37.3 Å². The number of carbonyl (C=O) groups is 1. The zero-order valence-electron chi connectivity index (χ0n) is 16.8. The standard InChI is InChI=1S/C24H23N3O3/c1-3-30-22-13-18(17-5-4-6-20(26)12-17)11-19(14-22)24(2,23(28)29)27-21-9-7-16(15-25)8-10-21/h4-14,27H,3,26H2,1-2H3,(H,28,29). The van der Waals surface area contributed by atoms with Gasteiger partial charge >= 0.3 is 5.97 Å². The van der Waals surface area contributed by atoms with Crippen molar-refractivity contribution in [2.75, 3.05) is 17.7 Å². The molecule has 0 fully saturated rings. The summed E-state index contributed by atoms with van der Waals surface area (Å²) >= 11 is 0. The predicted molar refractivity (Wildman–Crippen MR) is 117 cm³/mol. The van der Waals surface area contributed by atoms with Crippen molar-refractivity contribution in [1.29, 1.82) is 5.26 Å². The van der Waals surface area contributed by atoms with Crippen molar-refractivity contribution >= 4 is 17.3 Å². The minimum atomic E-state index is -1.43. The lowest BCUT2D eigenvalue weighted by Gasteiger charge is -2.29. The Balaban J connectivity index is 2.10. The molecule has 4 N–H and O–H groups in total. The van der Waals surface area contributed by atoms with Crippen molar-refractivity contribution in [3.8, 4) is 22.9 Å². The molecule has 1 unspecified atom stereocenters. The van der Waals surface area contributed by atoms with Crippen LogP contribution < -0.4 is 15.8 Å². The van der Waals surface area contributed by atoms with Crippen molar-refractivity contribution in [3.63, 3.8) is 0 Å². The number of nitrogens with zero attached hydrogens (tertiary/aromatic N) is 1. The third kappa shape index (κ3) is 4.36. The predicted octanol–water partition coefficient (Wildman–Crippen LogP) is 4.62. The summed E-state index contributed by atoms with van der Waals surface area (Å²) in [4.78, 5) is 12.3. The molecule has 152 valence electrons. The Morgan fingerprint density at radius 3 is 2.47 bits per heavy atom. The van der Waals surface area contributed by atoms with Crippen molar-refractivity contribution < 1.29 is 14.6 Å². The number of nitrogen functional groups attached to an aromatic ring is 1. The molecule has 0 heterocycles. The molecule has 0 aliphatic carbocycles. The van der Waals surface area contributed by atoms with Gasteiger partial charge in [-0.15, -0.1) is 0 Å². The SMILES string of the molecule is CCOc1cc(-c2cccc(N)c2)cc(C(C)(Nc2ccc(C#N)cc2)C(=O)O)c1. The highest BCUT2D eigenvalue weighted by atomic mass is 16.5. The molecule has 0 aliphatic heterocycles. The molecule has 0 amide bonds. The van der Waals surface area contributed by atoms with Crippen LogP contribution in [0.15, 0.2) is 66.7 Å². The first-order valence-electron chi connectivity index (χ1n) is 9.51. The minimum absolute atomic E-state index is 0.451. The number of nitriles is 1. The van der Waals surface area contributed by atoms with Crippen LogP contribution in [0, 0.1) is 11.3 Å². The maximum absolute atomic E-state index is 12.3. The molecule has 1 atom stereocenters. The van der Waals surface area contributed by atoms with Gasteiger partial charge in [0.25, 0.3) is 0 Å². The molecule has 0 aliphatic rings. The summed E-state index contributed by atoms with van der Waals surface area (Å²) in [5.41, 5.74) is 8.40. The van der Waals surface area contributed by atoms with Gasteiger partial charge in [-0.25, -0.2) is 4.79 Å². The van der Waals surface area contributed by atoms with Crippen LogP contribution in [-0.2, 0) is 10.3 Å². The van der Waals surface area contributed by atoms with Crippen LogP contribution >= 0.6 is 0 Å². The highest BCUT2D eigenvalue weighted by Gasteiger charge is 2.36. The molecule has 0 spiro atoms. The molecule has 3 rings (SSSR count). The van der Waals surface area contributed by atoms with Crippen molar-refractivity contribution in [3.05, 3.63) is 77.9 Å². The summed E-state index contributed by atoms with van der Waals surface area (Å²) in [7, 11) is 0. The Hall–Kier alpha value is -3.98. The fourth-order valence-electron chi connectivity index (χ4n) is 3.19. The number of carboxylic acids is 1. The summed E-state index contributed by atoms with van der Waals surface area (Å²) in [5, 5.41) is 22.2. The second-order valence-electron chi connectivity index (χ2n) is 7.05. The van der Waals surface area contributed by atoms with E-state index >= 15 is 0 Å². The zero-order chi connectivity index (χ0) is 21.7. The van der Waals surface area contributed by atoms with Crippen LogP contribution in [0.4, 0.5) is 11.4 Å². The zero-order valence-corrected chi connectivity index (χ0v) is 16.8. The van der Waals surface area contributed by atoms with Gasteiger partial charge in [0.2, 0.25) is 0 Å². The lowest BCUT2D eigenvalue weighted by Crippen LogP contribution is -2.40. The van der Waals surface area contributed by atoms with E-state index in [0.717, 1.165) is 11.1 Å². The quantitative estimate of drug-likeness (QED) is 0.499. The van der Waals surface area contributed by atoms with Crippen molar-refractivity contribution in [1.82, 2.24) is 0 Å². The average molecular weight is 401 g/mol. The fourth-order valence-corrected chi connectivity index (χ4v) is 3.19. The average Bonchev–Trinajstić information content (AvgIpc) is 2.74. The Labute approximate surface area is 175 Å². The van der Waals surface area contributed by atoms with Gasteiger partial charge in [-0.3, -0.25) is 0 Å². The first-order chi connectivity index (χ1) is 14.4. The second-order valence-corrected chi connectivity index (χ2v) is 7.05. The van der Waals surface area contributed by atoms with Crippen LogP contribution in [0.2, 0.25) is 0 Å². The first-order valence-corrected chi connectivity index (χ1v) is 9.51. The van der Waals surface area contributed by atoms with E-state index in [1.165, 1.54) is 0 Å². The Bertz CT molecular complexity index is 1100. The van der Waals surface area contributed by atoms with Gasteiger partial charge in [-0.05, 0) is 85.1 Å². The number of nitrogens with two attached hydrogens (primary N) is 1. The molecule has 0 saturated carbocycles. The number of anilines is 2. The second kappa shape index (κ2) is 8.58. The third-order valence-corrected chi connectivity index (χ3v) is 4.85. The fraction of sp³-hybridized carbons (Fsp3) is 0.167. The summed E-state index contributed by atoms with van der Waals surface area (Å²) in [6.45, 7) is 3.92. The molecule has 0 saturated heterocycles. The maximum atomic E-state index is 12.3. The van der Waals surface area contributed by atoms with E-state index in [2.05, 4.69) is 11.4 Å². The van der Waals surface area contributed by atoms with Gasteiger partial charge in [0.1, 0.15) is 5.75 Å². The normalized spacial score (nSPS) is 12.4. The molecule has 0 bridgehead atoms. The number of carboxylic acid groups (broad SMARTS) is 1. The van der Waals surface area contributed by atoms with Crippen LogP contribution in [0.3, 0.4) is 0 Å². The molecule has 3 aromatic rings. The molecule has 0 aromatic heterocycles. The lowest BCUT2D eigenvalue weighted by atomic mass is 9.88. The summed E-state index contributed by atoms with van der Waals surface area (Å²) in [5.74, 6) is -0.472. The van der Waals surface area contributed by atoms with Crippen LogP contribution in [-0.4, -0.2) is 17.7 Å². The van der Waals surface area contributed by atoms with E-state index in [4.69, 9.17) is 15.7 Å². The lowest BCUT2D eigenvalue weighted by molar-refractivity contribution is -0.142. The van der Waals surface area contributed by atoms with Crippen LogP contribution in [0.1, 0.15) is 25.0 Å². The van der Waals surface area contributed by atoms with Crippen LogP contribution in [0.5, 0.6) is 5.75 Å². The Morgan fingerprint density at radius 2 is 1.87 bits per heavy atom. The van der Waals surface area contributed by atoms with Crippen LogP contribution in [0.25, 0.3) is 11.1 Å². The summed E-state index contributed by atoms with van der Waals surface area (Å²) < 4.78 is 5.71. The number of ether oxygens (including phenoxy) is 1. The number of nitrogens with one attached hydrogen (secondary N) is 1. The first kappa shape index (κ1) is 20.7. The Morgan fingerprint density at radius 1 is 1.13 bits per heavy atom. The van der Waals surface area contributed by atoms with Crippen molar-refractivity contribution in [2.24, 2.45) is 0 Å². The minimum Gasteiger partial charge on any atom is -0.494 e. The monoisotopic (exact) mass is 401 g/mol. The largest absolute Gasteiger partial charge is 0.494 e. The third-order valence-electron chi connectivity index (χ3n) is 4.85. The number of rotatable bonds is 7. The molecular formula is C24H23N3O3. The van der Waals surface area contributed by atoms with E-state index in [1.54, 1.807) is 43.3 Å². The summed E-state index contributed by atoms with van der Waals surface area (Å²) in [6.07, 6.45) is 0. The smallest absolute Gasteiger partial charge is 0.333 e.